The minimum absolute atomic E-state index is 0.106. The molecule has 6 heteroatoms. The van der Waals surface area contributed by atoms with Gasteiger partial charge in [-0.1, -0.05) is 12.1 Å². The number of nitrogens with zero attached hydrogens (tertiary/aromatic N) is 3. The molecule has 2 atom stereocenters. The van der Waals surface area contributed by atoms with Gasteiger partial charge in [-0.05, 0) is 38.4 Å². The van der Waals surface area contributed by atoms with Gasteiger partial charge in [-0.15, -0.1) is 0 Å². The predicted molar refractivity (Wildman–Crippen MR) is 94.4 cm³/mol. The number of hydrogen-bond donors (Lipinski definition) is 0. The molecule has 0 radical (unpaired) electrons. The van der Waals surface area contributed by atoms with E-state index in [-0.39, 0.29) is 17.9 Å². The summed E-state index contributed by atoms with van der Waals surface area (Å²) in [5.74, 6) is 1.26. The lowest BCUT2D eigenvalue weighted by Gasteiger charge is -2.38. The molecule has 0 bridgehead atoms. The Morgan fingerprint density at radius 1 is 1.24 bits per heavy atom. The summed E-state index contributed by atoms with van der Waals surface area (Å²) in [5.41, 5.74) is 1.75. The van der Waals surface area contributed by atoms with Gasteiger partial charge in [0.05, 0.1) is 19.3 Å². The van der Waals surface area contributed by atoms with E-state index in [1.165, 1.54) is 0 Å². The number of amides is 1. The van der Waals surface area contributed by atoms with Gasteiger partial charge in [0.2, 0.25) is 5.91 Å². The average Bonchev–Trinajstić information content (AvgIpc) is 3.12. The van der Waals surface area contributed by atoms with Crippen LogP contribution in [0.4, 0.5) is 0 Å². The van der Waals surface area contributed by atoms with Crippen LogP contribution in [-0.2, 0) is 9.53 Å². The number of morpholine rings is 1. The molecule has 2 aliphatic rings. The van der Waals surface area contributed by atoms with Crippen LogP contribution in [0, 0.1) is 0 Å². The Labute approximate surface area is 147 Å². The van der Waals surface area contributed by atoms with Crippen LogP contribution in [0.15, 0.2) is 28.7 Å². The molecule has 3 heterocycles. The topological polar surface area (TPSA) is 58.8 Å². The molecule has 1 aromatic carbocycles. The number of fused-ring (bicyclic) bond motifs is 1. The predicted octanol–water partition coefficient (Wildman–Crippen LogP) is 2.25. The Bertz CT molecular complexity index is 705. The Balaban J connectivity index is 1.45. The maximum absolute atomic E-state index is 12.8. The molecule has 1 aromatic heterocycles. The van der Waals surface area contributed by atoms with Gasteiger partial charge in [0.15, 0.2) is 11.5 Å². The molecule has 1 amide bonds. The van der Waals surface area contributed by atoms with Gasteiger partial charge in [0.25, 0.3) is 0 Å². The molecule has 2 fully saturated rings. The first-order valence-electron chi connectivity index (χ1n) is 9.18. The first kappa shape index (κ1) is 16.5. The number of ether oxygens (including phenoxy) is 1. The molecular weight excluding hydrogens is 318 g/mol. The van der Waals surface area contributed by atoms with E-state index in [1.807, 2.05) is 36.1 Å². The van der Waals surface area contributed by atoms with Crippen molar-refractivity contribution in [3.63, 3.8) is 0 Å². The highest BCUT2D eigenvalue weighted by atomic mass is 16.5. The number of aromatic nitrogens is 1. The zero-order valence-corrected chi connectivity index (χ0v) is 14.7. The number of carbonyl (C=O) groups excluding carboxylic acids is 1. The van der Waals surface area contributed by atoms with Crippen molar-refractivity contribution in [2.75, 3.05) is 39.4 Å². The summed E-state index contributed by atoms with van der Waals surface area (Å²) < 4.78 is 11.3. The van der Waals surface area contributed by atoms with Crippen LogP contribution in [0.25, 0.3) is 11.1 Å². The third-order valence-electron chi connectivity index (χ3n) is 5.34. The lowest BCUT2D eigenvalue weighted by molar-refractivity contribution is -0.141. The van der Waals surface area contributed by atoms with Gasteiger partial charge in [-0.2, -0.15) is 0 Å². The van der Waals surface area contributed by atoms with Crippen LogP contribution in [-0.4, -0.2) is 66.1 Å². The highest BCUT2D eigenvalue weighted by Gasteiger charge is 2.32. The van der Waals surface area contributed by atoms with Gasteiger partial charge in [0, 0.05) is 25.6 Å². The minimum Gasteiger partial charge on any atom is -0.440 e. The molecule has 0 saturated carbocycles. The van der Waals surface area contributed by atoms with Crippen LogP contribution in [0.5, 0.6) is 0 Å². The lowest BCUT2D eigenvalue weighted by atomic mass is 9.96. The molecular formula is C19H25N3O3. The number of hydrogen-bond acceptors (Lipinski definition) is 5. The Hall–Kier alpha value is -1.92. The SMILES string of the molecule is C[C@H](C(=O)N1CCOCC1)N1CCC[C@H](c2nc3ccccc3o2)C1. The summed E-state index contributed by atoms with van der Waals surface area (Å²) in [6, 6.07) is 7.77. The van der Waals surface area contributed by atoms with E-state index in [0.29, 0.717) is 26.3 Å². The summed E-state index contributed by atoms with van der Waals surface area (Å²) >= 11 is 0. The third-order valence-corrected chi connectivity index (χ3v) is 5.34. The molecule has 2 saturated heterocycles. The van der Waals surface area contributed by atoms with Gasteiger partial charge in [-0.3, -0.25) is 9.69 Å². The van der Waals surface area contributed by atoms with Crippen LogP contribution in [0.1, 0.15) is 31.6 Å². The van der Waals surface area contributed by atoms with E-state index in [2.05, 4.69) is 9.88 Å². The van der Waals surface area contributed by atoms with Crippen molar-refractivity contribution >= 4 is 17.0 Å². The molecule has 0 N–H and O–H groups in total. The summed E-state index contributed by atoms with van der Waals surface area (Å²) in [6.07, 6.45) is 2.12. The van der Waals surface area contributed by atoms with Crippen molar-refractivity contribution in [1.82, 2.24) is 14.8 Å². The minimum atomic E-state index is -0.106. The normalized spacial score (nSPS) is 23.7. The van der Waals surface area contributed by atoms with E-state index in [4.69, 9.17) is 9.15 Å². The number of para-hydroxylation sites is 2. The number of rotatable bonds is 3. The first-order valence-corrected chi connectivity index (χ1v) is 9.18. The third kappa shape index (κ3) is 3.41. The molecule has 134 valence electrons. The smallest absolute Gasteiger partial charge is 0.239 e. The fourth-order valence-corrected chi connectivity index (χ4v) is 3.83. The molecule has 2 aromatic rings. The number of piperidine rings is 1. The van der Waals surface area contributed by atoms with Crippen LogP contribution >= 0.6 is 0 Å². The highest BCUT2D eigenvalue weighted by Crippen LogP contribution is 2.30. The van der Waals surface area contributed by atoms with Crippen molar-refractivity contribution in [3.05, 3.63) is 30.2 Å². The summed E-state index contributed by atoms with van der Waals surface area (Å²) in [6.45, 7) is 6.48. The van der Waals surface area contributed by atoms with E-state index < -0.39 is 0 Å². The van der Waals surface area contributed by atoms with Crippen LogP contribution in [0.3, 0.4) is 0 Å². The molecule has 0 unspecified atom stereocenters. The Morgan fingerprint density at radius 2 is 2.04 bits per heavy atom. The van der Waals surface area contributed by atoms with Crippen LogP contribution in [0.2, 0.25) is 0 Å². The molecule has 0 spiro atoms. The maximum atomic E-state index is 12.8. The standard InChI is InChI=1S/C19H25N3O3/c1-14(19(23)21-9-11-24-12-10-21)22-8-4-5-15(13-22)18-20-16-6-2-3-7-17(16)25-18/h2-3,6-7,14-15H,4-5,8-13H2,1H3/t14-,15+/m1/s1. The second-order valence-electron chi connectivity index (χ2n) is 6.97. The molecule has 25 heavy (non-hydrogen) atoms. The van der Waals surface area contributed by atoms with E-state index in [9.17, 15) is 4.79 Å². The monoisotopic (exact) mass is 343 g/mol. The van der Waals surface area contributed by atoms with Crippen LogP contribution < -0.4 is 0 Å². The summed E-state index contributed by atoms with van der Waals surface area (Å²) in [5, 5.41) is 0. The maximum Gasteiger partial charge on any atom is 0.239 e. The van der Waals surface area contributed by atoms with E-state index in [1.54, 1.807) is 0 Å². The Morgan fingerprint density at radius 3 is 2.84 bits per heavy atom. The second-order valence-corrected chi connectivity index (χ2v) is 6.97. The van der Waals surface area contributed by atoms with E-state index >= 15 is 0 Å². The second kappa shape index (κ2) is 7.14. The van der Waals surface area contributed by atoms with Gasteiger partial charge < -0.3 is 14.1 Å². The van der Waals surface area contributed by atoms with Gasteiger partial charge in [-0.25, -0.2) is 4.98 Å². The number of likely N-dealkylation sites (tertiary alicyclic amines) is 1. The fraction of sp³-hybridized carbons (Fsp3) is 0.579. The fourth-order valence-electron chi connectivity index (χ4n) is 3.83. The zero-order valence-electron chi connectivity index (χ0n) is 14.7. The molecule has 2 aliphatic heterocycles. The van der Waals surface area contributed by atoms with Crippen molar-refractivity contribution in [2.24, 2.45) is 0 Å². The first-order chi connectivity index (χ1) is 12.2. The van der Waals surface area contributed by atoms with Crippen molar-refractivity contribution < 1.29 is 13.9 Å². The quantitative estimate of drug-likeness (QED) is 0.855. The summed E-state index contributed by atoms with van der Waals surface area (Å²) in [4.78, 5) is 21.6. The number of carbonyl (C=O) groups is 1. The number of benzene rings is 1. The molecule has 6 nitrogen and oxygen atoms in total. The average molecular weight is 343 g/mol. The van der Waals surface area contributed by atoms with Crippen molar-refractivity contribution in [2.45, 2.75) is 31.7 Å². The van der Waals surface area contributed by atoms with Crippen molar-refractivity contribution in [1.29, 1.82) is 0 Å². The van der Waals surface area contributed by atoms with Gasteiger partial charge >= 0.3 is 0 Å². The molecule has 0 aliphatic carbocycles. The summed E-state index contributed by atoms with van der Waals surface area (Å²) in [7, 11) is 0. The van der Waals surface area contributed by atoms with E-state index in [0.717, 1.165) is 42.9 Å². The number of oxazole rings is 1. The lowest BCUT2D eigenvalue weighted by Crippen LogP contribution is -2.52. The largest absolute Gasteiger partial charge is 0.440 e. The molecule has 4 rings (SSSR count). The van der Waals surface area contributed by atoms with Gasteiger partial charge in [0.1, 0.15) is 5.52 Å². The Kier molecular flexibility index (Phi) is 4.72. The highest BCUT2D eigenvalue weighted by molar-refractivity contribution is 5.81. The van der Waals surface area contributed by atoms with Crippen molar-refractivity contribution in [3.8, 4) is 0 Å². The zero-order chi connectivity index (χ0) is 17.2.